The zero-order valence-electron chi connectivity index (χ0n) is 10.1. The highest BCUT2D eigenvalue weighted by atomic mass is 19.1. The summed E-state index contributed by atoms with van der Waals surface area (Å²) in [5, 5.41) is 0. The molecular weight excluding hydrogens is 215 g/mol. The van der Waals surface area contributed by atoms with Crippen LogP contribution in [0.15, 0.2) is 24.3 Å². The van der Waals surface area contributed by atoms with Gasteiger partial charge in [0.1, 0.15) is 5.82 Å². The fourth-order valence-corrected chi connectivity index (χ4v) is 2.63. The van der Waals surface area contributed by atoms with Crippen molar-refractivity contribution < 1.29 is 9.18 Å². The Hall–Kier alpha value is -1.18. The highest BCUT2D eigenvalue weighted by molar-refractivity contribution is 5.96. The number of carbonyl (C=O) groups excluding carboxylic acids is 1. The minimum absolute atomic E-state index is 0.0475. The predicted octanol–water partition coefficient (Wildman–Crippen LogP) is 4.37. The molecule has 0 heterocycles. The Kier molecular flexibility index (Phi) is 4.29. The molecule has 0 atom stereocenters. The van der Waals surface area contributed by atoms with E-state index in [1.54, 1.807) is 18.2 Å². The van der Waals surface area contributed by atoms with E-state index in [0.29, 0.717) is 12.3 Å². The Labute approximate surface area is 102 Å². The standard InChI is InChI=1S/C15H19FO/c16-14-9-5-4-8-13(14)15(17)11-10-12-6-2-1-3-7-12/h4-5,8-9,12H,1-3,6-7,10-11H2. The van der Waals surface area contributed by atoms with Gasteiger partial charge in [0, 0.05) is 6.42 Å². The SMILES string of the molecule is O=C(CCC1CCCCC1)c1ccccc1F. The monoisotopic (exact) mass is 234 g/mol. The molecule has 1 fully saturated rings. The van der Waals surface area contributed by atoms with Gasteiger partial charge in [-0.3, -0.25) is 4.79 Å². The van der Waals surface area contributed by atoms with Gasteiger partial charge in [-0.25, -0.2) is 4.39 Å². The van der Waals surface area contributed by atoms with Gasteiger partial charge < -0.3 is 0 Å². The van der Waals surface area contributed by atoms with Crippen LogP contribution in [0.3, 0.4) is 0 Å². The Balaban J connectivity index is 1.87. The third-order valence-corrected chi connectivity index (χ3v) is 3.68. The van der Waals surface area contributed by atoms with E-state index in [-0.39, 0.29) is 17.2 Å². The molecule has 0 aliphatic heterocycles. The first-order valence-electron chi connectivity index (χ1n) is 6.55. The second-order valence-corrected chi connectivity index (χ2v) is 4.95. The van der Waals surface area contributed by atoms with Gasteiger partial charge in [0.25, 0.3) is 0 Å². The first-order valence-corrected chi connectivity index (χ1v) is 6.55. The zero-order chi connectivity index (χ0) is 12.1. The quantitative estimate of drug-likeness (QED) is 0.707. The summed E-state index contributed by atoms with van der Waals surface area (Å²) in [6.07, 6.45) is 7.81. The predicted molar refractivity (Wildman–Crippen MR) is 66.5 cm³/mol. The van der Waals surface area contributed by atoms with Crippen LogP contribution in [0.1, 0.15) is 55.3 Å². The number of ketones is 1. The molecule has 1 aromatic rings. The molecule has 2 rings (SSSR count). The molecule has 0 aromatic heterocycles. The van der Waals surface area contributed by atoms with Crippen molar-refractivity contribution in [1.29, 1.82) is 0 Å². The van der Waals surface area contributed by atoms with E-state index in [0.717, 1.165) is 6.42 Å². The second kappa shape index (κ2) is 5.95. The number of halogens is 1. The smallest absolute Gasteiger partial charge is 0.165 e. The van der Waals surface area contributed by atoms with Crippen molar-refractivity contribution in [3.8, 4) is 0 Å². The maximum absolute atomic E-state index is 13.4. The largest absolute Gasteiger partial charge is 0.294 e. The molecule has 0 amide bonds. The highest BCUT2D eigenvalue weighted by Gasteiger charge is 2.16. The normalized spacial score (nSPS) is 17.0. The third-order valence-electron chi connectivity index (χ3n) is 3.68. The number of benzene rings is 1. The van der Waals surface area contributed by atoms with Crippen LogP contribution < -0.4 is 0 Å². The summed E-state index contributed by atoms with van der Waals surface area (Å²) in [7, 11) is 0. The average Bonchev–Trinajstić information content (AvgIpc) is 2.38. The van der Waals surface area contributed by atoms with E-state index in [4.69, 9.17) is 0 Å². The highest BCUT2D eigenvalue weighted by Crippen LogP contribution is 2.27. The number of hydrogen-bond donors (Lipinski definition) is 0. The lowest BCUT2D eigenvalue weighted by Crippen LogP contribution is -2.10. The van der Waals surface area contributed by atoms with Crippen molar-refractivity contribution in [1.82, 2.24) is 0 Å². The Morgan fingerprint density at radius 3 is 2.59 bits per heavy atom. The molecular formula is C15H19FO. The summed E-state index contributed by atoms with van der Waals surface area (Å²) in [5.74, 6) is 0.245. The van der Waals surface area contributed by atoms with Crippen LogP contribution in [0.25, 0.3) is 0 Å². The molecule has 0 unspecified atom stereocenters. The van der Waals surface area contributed by atoms with Crippen LogP contribution in [0.2, 0.25) is 0 Å². The lowest BCUT2D eigenvalue weighted by molar-refractivity contribution is 0.0966. The number of hydrogen-bond acceptors (Lipinski definition) is 1. The van der Waals surface area contributed by atoms with E-state index < -0.39 is 0 Å². The summed E-state index contributed by atoms with van der Waals surface area (Å²) in [6.45, 7) is 0. The molecule has 17 heavy (non-hydrogen) atoms. The van der Waals surface area contributed by atoms with E-state index >= 15 is 0 Å². The first kappa shape index (κ1) is 12.3. The maximum atomic E-state index is 13.4. The summed E-state index contributed by atoms with van der Waals surface area (Å²) in [4.78, 5) is 11.9. The van der Waals surface area contributed by atoms with Crippen LogP contribution >= 0.6 is 0 Å². The molecule has 2 heteroatoms. The topological polar surface area (TPSA) is 17.1 Å². The minimum atomic E-state index is -0.388. The Bertz CT molecular complexity index is 380. The van der Waals surface area contributed by atoms with E-state index in [2.05, 4.69) is 0 Å². The molecule has 1 nitrogen and oxygen atoms in total. The molecule has 0 radical (unpaired) electrons. The van der Waals surface area contributed by atoms with Crippen molar-refractivity contribution in [3.05, 3.63) is 35.6 Å². The van der Waals surface area contributed by atoms with Crippen LogP contribution in [-0.2, 0) is 0 Å². The number of rotatable bonds is 4. The van der Waals surface area contributed by atoms with Crippen molar-refractivity contribution in [2.45, 2.75) is 44.9 Å². The van der Waals surface area contributed by atoms with E-state index in [9.17, 15) is 9.18 Å². The van der Waals surface area contributed by atoms with Crippen molar-refractivity contribution in [3.63, 3.8) is 0 Å². The first-order chi connectivity index (χ1) is 8.27. The molecule has 1 aliphatic carbocycles. The third kappa shape index (κ3) is 3.39. The van der Waals surface area contributed by atoms with Crippen LogP contribution in [-0.4, -0.2) is 5.78 Å². The summed E-state index contributed by atoms with van der Waals surface area (Å²) >= 11 is 0. The average molecular weight is 234 g/mol. The van der Waals surface area contributed by atoms with Crippen molar-refractivity contribution >= 4 is 5.78 Å². The Morgan fingerprint density at radius 2 is 1.88 bits per heavy atom. The Morgan fingerprint density at radius 1 is 1.18 bits per heavy atom. The van der Waals surface area contributed by atoms with Gasteiger partial charge in [-0.15, -0.1) is 0 Å². The lowest BCUT2D eigenvalue weighted by atomic mass is 9.85. The fraction of sp³-hybridized carbons (Fsp3) is 0.533. The van der Waals surface area contributed by atoms with Crippen molar-refractivity contribution in [2.75, 3.05) is 0 Å². The van der Waals surface area contributed by atoms with Crippen LogP contribution in [0.5, 0.6) is 0 Å². The molecule has 0 spiro atoms. The van der Waals surface area contributed by atoms with Gasteiger partial charge in [-0.05, 0) is 24.5 Å². The zero-order valence-corrected chi connectivity index (χ0v) is 10.1. The van der Waals surface area contributed by atoms with Gasteiger partial charge in [0.2, 0.25) is 0 Å². The minimum Gasteiger partial charge on any atom is -0.294 e. The summed E-state index contributed by atoms with van der Waals surface area (Å²) in [5.41, 5.74) is 0.253. The van der Waals surface area contributed by atoms with Gasteiger partial charge in [0.05, 0.1) is 5.56 Å². The van der Waals surface area contributed by atoms with Gasteiger partial charge >= 0.3 is 0 Å². The van der Waals surface area contributed by atoms with Gasteiger partial charge in [-0.2, -0.15) is 0 Å². The number of carbonyl (C=O) groups is 1. The fourth-order valence-electron chi connectivity index (χ4n) is 2.63. The van der Waals surface area contributed by atoms with Crippen LogP contribution in [0, 0.1) is 11.7 Å². The van der Waals surface area contributed by atoms with Crippen LogP contribution in [0.4, 0.5) is 4.39 Å². The molecule has 1 saturated carbocycles. The molecule has 1 aliphatic rings. The molecule has 1 aromatic carbocycles. The summed E-state index contributed by atoms with van der Waals surface area (Å²) in [6, 6.07) is 6.27. The number of Topliss-reactive ketones (excluding diaryl/α,β-unsaturated/α-hetero) is 1. The van der Waals surface area contributed by atoms with E-state index in [1.165, 1.54) is 38.2 Å². The van der Waals surface area contributed by atoms with Gasteiger partial charge in [-0.1, -0.05) is 44.2 Å². The van der Waals surface area contributed by atoms with Crippen molar-refractivity contribution in [2.24, 2.45) is 5.92 Å². The summed E-state index contributed by atoms with van der Waals surface area (Å²) < 4.78 is 13.4. The molecule has 0 bridgehead atoms. The van der Waals surface area contributed by atoms with Gasteiger partial charge in [0.15, 0.2) is 5.78 Å². The second-order valence-electron chi connectivity index (χ2n) is 4.95. The molecule has 0 saturated heterocycles. The lowest BCUT2D eigenvalue weighted by Gasteiger charge is -2.20. The molecule has 0 N–H and O–H groups in total. The molecule has 92 valence electrons. The van der Waals surface area contributed by atoms with E-state index in [1.807, 2.05) is 0 Å². The maximum Gasteiger partial charge on any atom is 0.165 e.